The van der Waals surface area contributed by atoms with Crippen molar-refractivity contribution in [1.82, 2.24) is 10.9 Å². The molecule has 0 heterocycles. The van der Waals surface area contributed by atoms with Crippen LogP contribution in [0.25, 0.3) is 0 Å². The molecule has 160 valence electrons. The Morgan fingerprint density at radius 3 is 2.23 bits per heavy atom. The van der Waals surface area contributed by atoms with Gasteiger partial charge in [-0.1, -0.05) is 41.9 Å². The number of benzene rings is 3. The Morgan fingerprint density at radius 2 is 1.55 bits per heavy atom. The molecule has 3 aromatic rings. The van der Waals surface area contributed by atoms with Gasteiger partial charge in [0.25, 0.3) is 11.8 Å². The topological polar surface area (TPSA) is 85.9 Å². The molecule has 0 aliphatic rings. The van der Waals surface area contributed by atoms with Crippen LogP contribution < -0.4 is 25.1 Å². The molecule has 8 heteroatoms. The number of methoxy groups -OCH3 is 1. The van der Waals surface area contributed by atoms with Crippen LogP contribution in [0.15, 0.2) is 72.8 Å². The fraction of sp³-hybridized carbons (Fsp3) is 0.130. The van der Waals surface area contributed by atoms with Crippen molar-refractivity contribution >= 4 is 23.4 Å². The number of carbonyl (C=O) groups excluding carboxylic acids is 2. The summed E-state index contributed by atoms with van der Waals surface area (Å²) in [5, 5.41) is 0.372. The lowest BCUT2D eigenvalue weighted by Gasteiger charge is -2.11. The molecule has 0 fully saturated rings. The minimum atomic E-state index is -0.562. The van der Waals surface area contributed by atoms with Crippen molar-refractivity contribution in [2.75, 3.05) is 13.7 Å². The quantitative estimate of drug-likeness (QED) is 0.521. The van der Waals surface area contributed by atoms with E-state index < -0.39 is 11.8 Å². The van der Waals surface area contributed by atoms with Gasteiger partial charge in [0.2, 0.25) is 0 Å². The third kappa shape index (κ3) is 6.65. The second-order valence-corrected chi connectivity index (χ2v) is 6.82. The van der Waals surface area contributed by atoms with Gasteiger partial charge in [-0.05, 0) is 48.0 Å². The Hall–Kier alpha value is -3.71. The first kappa shape index (κ1) is 22.0. The van der Waals surface area contributed by atoms with E-state index in [9.17, 15) is 9.59 Å². The second kappa shape index (κ2) is 10.9. The maximum Gasteiger partial charge on any atom is 0.276 e. The van der Waals surface area contributed by atoms with Crippen molar-refractivity contribution in [3.8, 4) is 17.2 Å². The first-order valence-electron chi connectivity index (χ1n) is 9.37. The number of hydrazine groups is 1. The molecule has 0 aromatic heterocycles. The zero-order chi connectivity index (χ0) is 22.1. The number of halogens is 1. The van der Waals surface area contributed by atoms with E-state index in [0.29, 0.717) is 28.9 Å². The van der Waals surface area contributed by atoms with E-state index in [1.54, 1.807) is 36.4 Å². The summed E-state index contributed by atoms with van der Waals surface area (Å²) in [4.78, 5) is 24.2. The minimum Gasteiger partial charge on any atom is -0.496 e. The van der Waals surface area contributed by atoms with Crippen LogP contribution in [0.3, 0.4) is 0 Å². The van der Waals surface area contributed by atoms with Gasteiger partial charge >= 0.3 is 0 Å². The average molecular weight is 441 g/mol. The summed E-state index contributed by atoms with van der Waals surface area (Å²) < 4.78 is 16.2. The molecule has 2 amide bonds. The maximum atomic E-state index is 12.2. The van der Waals surface area contributed by atoms with Crippen LogP contribution in [0.4, 0.5) is 0 Å². The summed E-state index contributed by atoms with van der Waals surface area (Å²) in [5.74, 6) is 0.418. The molecular weight excluding hydrogens is 420 g/mol. The van der Waals surface area contributed by atoms with Gasteiger partial charge in [-0.2, -0.15) is 0 Å². The Bertz CT molecular complexity index is 1030. The highest BCUT2D eigenvalue weighted by Gasteiger charge is 2.14. The summed E-state index contributed by atoms with van der Waals surface area (Å²) in [6.45, 7) is 0.178. The number of amides is 2. The Kier molecular flexibility index (Phi) is 7.73. The molecule has 3 rings (SSSR count). The minimum absolute atomic E-state index is 0.197. The van der Waals surface area contributed by atoms with Crippen LogP contribution in [-0.2, 0) is 11.4 Å². The third-order valence-electron chi connectivity index (χ3n) is 4.16. The first-order chi connectivity index (χ1) is 15.0. The van der Waals surface area contributed by atoms with Gasteiger partial charge in [0.1, 0.15) is 23.9 Å². The van der Waals surface area contributed by atoms with E-state index in [-0.39, 0.29) is 12.2 Å². The molecule has 0 atom stereocenters. The summed E-state index contributed by atoms with van der Waals surface area (Å²) in [5.41, 5.74) is 5.85. The largest absolute Gasteiger partial charge is 0.496 e. The van der Waals surface area contributed by atoms with E-state index in [1.165, 1.54) is 13.2 Å². The second-order valence-electron chi connectivity index (χ2n) is 6.38. The fourth-order valence-electron chi connectivity index (χ4n) is 2.61. The number of rotatable bonds is 8. The molecule has 0 saturated heterocycles. The molecule has 0 aliphatic carbocycles. The molecule has 0 radical (unpaired) electrons. The predicted octanol–water partition coefficient (Wildman–Crippen LogP) is 3.77. The van der Waals surface area contributed by atoms with Crippen molar-refractivity contribution in [3.63, 3.8) is 0 Å². The van der Waals surface area contributed by atoms with E-state index in [0.717, 1.165) is 5.56 Å². The van der Waals surface area contributed by atoms with Crippen LogP contribution in [0.1, 0.15) is 15.9 Å². The molecular formula is C23H21ClN2O5. The van der Waals surface area contributed by atoms with Crippen molar-refractivity contribution in [2.45, 2.75) is 6.61 Å². The van der Waals surface area contributed by atoms with Gasteiger partial charge in [0.05, 0.1) is 12.7 Å². The fourth-order valence-corrected chi connectivity index (χ4v) is 2.78. The maximum absolute atomic E-state index is 12.2. The molecule has 0 spiro atoms. The smallest absolute Gasteiger partial charge is 0.276 e. The van der Waals surface area contributed by atoms with E-state index in [4.69, 9.17) is 25.8 Å². The Labute approximate surface area is 184 Å². The zero-order valence-electron chi connectivity index (χ0n) is 16.8. The number of carbonyl (C=O) groups is 2. The highest BCUT2D eigenvalue weighted by Crippen LogP contribution is 2.22. The van der Waals surface area contributed by atoms with Crippen molar-refractivity contribution < 1.29 is 23.8 Å². The number of hydrogen-bond donors (Lipinski definition) is 2. The van der Waals surface area contributed by atoms with Crippen LogP contribution >= 0.6 is 11.6 Å². The first-order valence-corrected chi connectivity index (χ1v) is 9.75. The molecule has 0 bridgehead atoms. The SMILES string of the molecule is COc1ccc(Cl)cc1C(=O)NNC(=O)COc1ccc(OCc2ccccc2)cc1. The predicted molar refractivity (Wildman–Crippen MR) is 116 cm³/mol. The van der Waals surface area contributed by atoms with E-state index in [2.05, 4.69) is 10.9 Å². The van der Waals surface area contributed by atoms with Crippen molar-refractivity contribution in [3.05, 3.63) is 88.9 Å². The normalized spacial score (nSPS) is 10.1. The van der Waals surface area contributed by atoms with Gasteiger partial charge in [0.15, 0.2) is 6.61 Å². The highest BCUT2D eigenvalue weighted by molar-refractivity contribution is 6.31. The Morgan fingerprint density at radius 1 is 0.871 bits per heavy atom. The molecule has 31 heavy (non-hydrogen) atoms. The number of nitrogens with one attached hydrogen (secondary N) is 2. The monoisotopic (exact) mass is 440 g/mol. The van der Waals surface area contributed by atoms with Crippen LogP contribution in [0.5, 0.6) is 17.2 Å². The van der Waals surface area contributed by atoms with Crippen LogP contribution in [0.2, 0.25) is 5.02 Å². The zero-order valence-corrected chi connectivity index (χ0v) is 17.5. The highest BCUT2D eigenvalue weighted by atomic mass is 35.5. The van der Waals surface area contributed by atoms with Gasteiger partial charge in [-0.25, -0.2) is 0 Å². The van der Waals surface area contributed by atoms with Gasteiger partial charge in [-0.3, -0.25) is 20.4 Å². The molecule has 0 unspecified atom stereocenters. The molecule has 3 aromatic carbocycles. The number of hydrogen-bond acceptors (Lipinski definition) is 5. The lowest BCUT2D eigenvalue weighted by atomic mass is 10.2. The summed E-state index contributed by atoms with van der Waals surface area (Å²) in [6.07, 6.45) is 0. The van der Waals surface area contributed by atoms with Crippen LogP contribution in [0, 0.1) is 0 Å². The lowest BCUT2D eigenvalue weighted by molar-refractivity contribution is -0.123. The lowest BCUT2D eigenvalue weighted by Crippen LogP contribution is -2.43. The summed E-state index contributed by atoms with van der Waals surface area (Å²) in [7, 11) is 1.43. The van der Waals surface area contributed by atoms with Gasteiger partial charge in [0, 0.05) is 5.02 Å². The van der Waals surface area contributed by atoms with Gasteiger partial charge in [-0.15, -0.1) is 0 Å². The van der Waals surface area contributed by atoms with Crippen LogP contribution in [-0.4, -0.2) is 25.5 Å². The summed E-state index contributed by atoms with van der Waals surface area (Å²) in [6, 6.07) is 21.3. The third-order valence-corrected chi connectivity index (χ3v) is 4.40. The number of ether oxygens (including phenoxy) is 3. The molecule has 2 N–H and O–H groups in total. The summed E-state index contributed by atoms with van der Waals surface area (Å²) >= 11 is 5.91. The van der Waals surface area contributed by atoms with E-state index in [1.807, 2.05) is 30.3 Å². The molecule has 0 aliphatic heterocycles. The average Bonchev–Trinajstić information content (AvgIpc) is 2.81. The van der Waals surface area contributed by atoms with Crippen molar-refractivity contribution in [1.29, 1.82) is 0 Å². The molecule has 0 saturated carbocycles. The van der Waals surface area contributed by atoms with Crippen molar-refractivity contribution in [2.24, 2.45) is 0 Å². The Balaban J connectivity index is 1.43. The van der Waals surface area contributed by atoms with Gasteiger partial charge < -0.3 is 14.2 Å². The standard InChI is InChI=1S/C23H21ClN2O5/c1-29-21-12-7-17(24)13-20(21)23(28)26-25-22(27)15-31-19-10-8-18(9-11-19)30-14-16-5-3-2-4-6-16/h2-13H,14-15H2,1H3,(H,25,27)(H,26,28). The van der Waals surface area contributed by atoms with E-state index >= 15 is 0 Å². The molecule has 7 nitrogen and oxygen atoms in total.